The first-order valence-electron chi connectivity index (χ1n) is 8.02. The number of rotatable bonds is 7. The van der Waals surface area contributed by atoms with Gasteiger partial charge in [-0.05, 0) is 37.5 Å². The van der Waals surface area contributed by atoms with Gasteiger partial charge in [0.1, 0.15) is 0 Å². The molecule has 1 N–H and O–H groups in total. The number of carbonyl (C=O) groups excluding carboxylic acids is 2. The second-order valence-electron chi connectivity index (χ2n) is 6.15. The lowest BCUT2D eigenvalue weighted by Crippen LogP contribution is -2.44. The fraction of sp³-hybridized carbons (Fsp3) is 0.389. The number of nitrogens with zero attached hydrogens (tertiary/aromatic N) is 2. The van der Waals surface area contributed by atoms with E-state index in [9.17, 15) is 9.59 Å². The Balaban J connectivity index is 2.08. The number of imidazole rings is 1. The molecule has 0 aliphatic rings. The summed E-state index contributed by atoms with van der Waals surface area (Å²) in [4.78, 5) is 28.1. The summed E-state index contributed by atoms with van der Waals surface area (Å²) in [7, 11) is 0. The maximum Gasteiger partial charge on any atom is 0.231 e. The van der Waals surface area contributed by atoms with E-state index in [1.165, 1.54) is 18.7 Å². The molecule has 1 amide bonds. The summed E-state index contributed by atoms with van der Waals surface area (Å²) in [5.74, 6) is 0.0239. The number of ketones is 1. The second-order valence-corrected chi connectivity index (χ2v) is 7.50. The molecule has 0 saturated carbocycles. The van der Waals surface area contributed by atoms with E-state index >= 15 is 0 Å². The summed E-state index contributed by atoms with van der Waals surface area (Å²) in [6, 6.07) is 5.22. The van der Waals surface area contributed by atoms with Crippen LogP contribution >= 0.6 is 23.4 Å². The second kappa shape index (κ2) is 8.54. The van der Waals surface area contributed by atoms with Crippen molar-refractivity contribution < 1.29 is 9.59 Å². The Hall–Kier alpha value is -1.79. The number of hydrogen-bond acceptors (Lipinski definition) is 4. The Morgan fingerprint density at radius 2 is 2.08 bits per heavy atom. The number of thioether (sulfide) groups is 1. The van der Waals surface area contributed by atoms with Crippen LogP contribution in [0, 0.1) is 12.8 Å². The highest BCUT2D eigenvalue weighted by Crippen LogP contribution is 2.26. The van der Waals surface area contributed by atoms with Crippen molar-refractivity contribution in [1.29, 1.82) is 0 Å². The fourth-order valence-corrected chi connectivity index (χ4v) is 3.47. The summed E-state index contributed by atoms with van der Waals surface area (Å²) < 4.78 is 1.91. The number of halogens is 1. The van der Waals surface area contributed by atoms with Gasteiger partial charge >= 0.3 is 0 Å². The van der Waals surface area contributed by atoms with Gasteiger partial charge in [-0.1, -0.05) is 43.3 Å². The van der Waals surface area contributed by atoms with Gasteiger partial charge in [-0.25, -0.2) is 4.98 Å². The Kier molecular flexibility index (Phi) is 6.67. The van der Waals surface area contributed by atoms with Crippen molar-refractivity contribution in [2.24, 2.45) is 5.92 Å². The van der Waals surface area contributed by atoms with Crippen molar-refractivity contribution >= 4 is 35.1 Å². The number of hydrogen-bond donors (Lipinski definition) is 1. The first kappa shape index (κ1) is 19.5. The van der Waals surface area contributed by atoms with Crippen LogP contribution in [0.1, 0.15) is 26.3 Å². The number of amides is 1. The van der Waals surface area contributed by atoms with E-state index in [-0.39, 0.29) is 23.4 Å². The van der Waals surface area contributed by atoms with Gasteiger partial charge in [0.25, 0.3) is 0 Å². The number of Topliss-reactive ketones (excluding diaryl/α,β-unsaturated/α-hetero) is 1. The lowest BCUT2D eigenvalue weighted by atomic mass is 10.0. The Labute approximate surface area is 157 Å². The molecule has 1 aromatic heterocycles. The van der Waals surface area contributed by atoms with Crippen LogP contribution in [0.25, 0.3) is 5.69 Å². The minimum atomic E-state index is -0.456. The third-order valence-corrected chi connectivity index (χ3v) is 5.24. The maximum atomic E-state index is 12.2. The average molecular weight is 380 g/mol. The van der Waals surface area contributed by atoms with Crippen LogP contribution in [0.5, 0.6) is 0 Å². The van der Waals surface area contributed by atoms with E-state index in [1.54, 1.807) is 6.20 Å². The van der Waals surface area contributed by atoms with Gasteiger partial charge in [0.2, 0.25) is 5.91 Å². The predicted octanol–water partition coefficient (Wildman–Crippen LogP) is 3.66. The van der Waals surface area contributed by atoms with Gasteiger partial charge in [-0.15, -0.1) is 0 Å². The van der Waals surface area contributed by atoms with Crippen molar-refractivity contribution in [2.45, 2.75) is 38.9 Å². The summed E-state index contributed by atoms with van der Waals surface area (Å²) in [5.41, 5.74) is 1.88. The van der Waals surface area contributed by atoms with Crippen LogP contribution in [0.3, 0.4) is 0 Å². The largest absolute Gasteiger partial charge is 0.345 e. The van der Waals surface area contributed by atoms with Crippen LogP contribution < -0.4 is 5.32 Å². The van der Waals surface area contributed by atoms with Crippen molar-refractivity contribution in [2.75, 3.05) is 5.75 Å². The van der Waals surface area contributed by atoms with Gasteiger partial charge in [0, 0.05) is 17.4 Å². The van der Waals surface area contributed by atoms with E-state index < -0.39 is 6.04 Å². The summed E-state index contributed by atoms with van der Waals surface area (Å²) >= 11 is 7.51. The average Bonchev–Trinajstić information content (AvgIpc) is 3.01. The fourth-order valence-electron chi connectivity index (χ4n) is 2.52. The van der Waals surface area contributed by atoms with E-state index in [1.807, 2.05) is 49.7 Å². The van der Waals surface area contributed by atoms with E-state index in [0.29, 0.717) is 10.2 Å². The van der Waals surface area contributed by atoms with E-state index in [2.05, 4.69) is 10.3 Å². The molecule has 1 atom stereocenters. The molecule has 1 heterocycles. The van der Waals surface area contributed by atoms with Gasteiger partial charge in [0.15, 0.2) is 10.9 Å². The number of carbonyl (C=O) groups is 2. The Morgan fingerprint density at radius 3 is 2.72 bits per heavy atom. The number of nitrogens with one attached hydrogen (secondary N) is 1. The van der Waals surface area contributed by atoms with Crippen molar-refractivity contribution in [1.82, 2.24) is 14.9 Å². The van der Waals surface area contributed by atoms with Crippen molar-refractivity contribution in [3.63, 3.8) is 0 Å². The van der Waals surface area contributed by atoms with Crippen LogP contribution in [0.4, 0.5) is 0 Å². The quantitative estimate of drug-likeness (QED) is 0.746. The highest BCUT2D eigenvalue weighted by Gasteiger charge is 2.21. The molecule has 134 valence electrons. The smallest absolute Gasteiger partial charge is 0.231 e. The molecule has 0 radical (unpaired) electrons. The molecule has 25 heavy (non-hydrogen) atoms. The molecule has 0 fully saturated rings. The molecule has 2 rings (SSSR count). The molecule has 7 heteroatoms. The minimum Gasteiger partial charge on any atom is -0.345 e. The maximum absolute atomic E-state index is 12.2. The first-order valence-corrected chi connectivity index (χ1v) is 9.39. The highest BCUT2D eigenvalue weighted by atomic mass is 35.5. The monoisotopic (exact) mass is 379 g/mol. The van der Waals surface area contributed by atoms with Crippen LogP contribution in [-0.2, 0) is 9.59 Å². The minimum absolute atomic E-state index is 0.0376. The van der Waals surface area contributed by atoms with Crippen molar-refractivity contribution in [3.05, 3.63) is 41.2 Å². The molecule has 0 aliphatic carbocycles. The first-order chi connectivity index (χ1) is 11.8. The zero-order valence-electron chi connectivity index (χ0n) is 14.7. The lowest BCUT2D eigenvalue weighted by Gasteiger charge is -2.19. The van der Waals surface area contributed by atoms with Crippen molar-refractivity contribution in [3.8, 4) is 5.69 Å². The van der Waals surface area contributed by atoms with Crippen LogP contribution in [-0.4, -0.2) is 33.0 Å². The SMILES string of the molecule is CC(=O)C(NC(=O)CSc1nccn1-c1cccc(Cl)c1C)C(C)C. The van der Waals surface area contributed by atoms with Gasteiger partial charge in [-0.3, -0.25) is 14.2 Å². The Morgan fingerprint density at radius 1 is 1.36 bits per heavy atom. The molecule has 0 spiro atoms. The molecular weight excluding hydrogens is 358 g/mol. The molecule has 5 nitrogen and oxygen atoms in total. The third-order valence-electron chi connectivity index (χ3n) is 3.86. The molecule has 1 unspecified atom stereocenters. The van der Waals surface area contributed by atoms with Gasteiger partial charge < -0.3 is 5.32 Å². The molecular formula is C18H22ClN3O2S. The number of benzene rings is 1. The molecule has 1 aromatic carbocycles. The predicted molar refractivity (Wildman–Crippen MR) is 101 cm³/mol. The van der Waals surface area contributed by atoms with E-state index in [4.69, 9.17) is 11.6 Å². The summed E-state index contributed by atoms with van der Waals surface area (Å²) in [6.45, 7) is 7.26. The third kappa shape index (κ3) is 4.86. The zero-order chi connectivity index (χ0) is 18.6. The zero-order valence-corrected chi connectivity index (χ0v) is 16.3. The summed E-state index contributed by atoms with van der Waals surface area (Å²) in [5, 5.41) is 4.17. The normalized spacial score (nSPS) is 12.2. The lowest BCUT2D eigenvalue weighted by molar-refractivity contribution is -0.126. The summed E-state index contributed by atoms with van der Waals surface area (Å²) in [6.07, 6.45) is 3.53. The topological polar surface area (TPSA) is 64.0 Å². The van der Waals surface area contributed by atoms with Crippen LogP contribution in [0.15, 0.2) is 35.7 Å². The molecule has 0 saturated heterocycles. The molecule has 2 aromatic rings. The number of aromatic nitrogens is 2. The molecule has 0 aliphatic heterocycles. The molecule has 0 bridgehead atoms. The Bertz CT molecular complexity index is 773. The van der Waals surface area contributed by atoms with E-state index in [0.717, 1.165) is 11.3 Å². The van der Waals surface area contributed by atoms with Gasteiger partial charge in [-0.2, -0.15) is 0 Å². The standard InChI is InChI=1S/C18H22ClN3O2S/c1-11(2)17(13(4)23)21-16(24)10-25-18-20-8-9-22(18)15-7-5-6-14(19)12(15)3/h5-9,11,17H,10H2,1-4H3,(H,21,24). The van der Waals surface area contributed by atoms with Crippen LogP contribution in [0.2, 0.25) is 5.02 Å². The van der Waals surface area contributed by atoms with Gasteiger partial charge in [0.05, 0.1) is 17.5 Å². The highest BCUT2D eigenvalue weighted by molar-refractivity contribution is 7.99.